The van der Waals surface area contributed by atoms with Crippen LogP contribution in [0, 0.1) is 6.92 Å². The highest BCUT2D eigenvalue weighted by Crippen LogP contribution is 2.22. The first-order valence-corrected chi connectivity index (χ1v) is 5.39. The van der Waals surface area contributed by atoms with Crippen molar-refractivity contribution in [2.75, 3.05) is 0 Å². The third kappa shape index (κ3) is 2.69. The number of hydrogen-bond donors (Lipinski definition) is 1. The minimum Gasteiger partial charge on any atom is -0.481 e. The van der Waals surface area contributed by atoms with Gasteiger partial charge in [0.2, 0.25) is 0 Å². The largest absolute Gasteiger partial charge is 0.481 e. The van der Waals surface area contributed by atoms with Crippen LogP contribution < -0.4 is 0 Å². The van der Waals surface area contributed by atoms with Crippen molar-refractivity contribution in [3.63, 3.8) is 0 Å². The number of aliphatic carboxylic acids is 1. The maximum atomic E-state index is 10.8. The van der Waals surface area contributed by atoms with Crippen molar-refractivity contribution in [3.8, 4) is 11.1 Å². The summed E-state index contributed by atoms with van der Waals surface area (Å²) in [4.78, 5) is 14.9. The Bertz CT molecular complexity index is 532. The van der Waals surface area contributed by atoms with Gasteiger partial charge in [-0.3, -0.25) is 9.78 Å². The van der Waals surface area contributed by atoms with E-state index in [1.807, 2.05) is 43.3 Å². The molecule has 1 aromatic heterocycles. The maximum Gasteiger partial charge on any atom is 0.309 e. The Hall–Kier alpha value is -2.16. The molecule has 0 spiro atoms. The van der Waals surface area contributed by atoms with Crippen molar-refractivity contribution in [1.29, 1.82) is 0 Å². The van der Waals surface area contributed by atoms with Gasteiger partial charge in [0.15, 0.2) is 0 Å². The van der Waals surface area contributed by atoms with Crippen LogP contribution in [-0.2, 0) is 11.2 Å². The van der Waals surface area contributed by atoms with E-state index in [1.165, 1.54) is 5.56 Å². The van der Waals surface area contributed by atoms with Crippen LogP contribution in [0.25, 0.3) is 11.1 Å². The fraction of sp³-hybridized carbons (Fsp3) is 0.143. The van der Waals surface area contributed by atoms with Crippen LogP contribution in [-0.4, -0.2) is 16.1 Å². The number of benzene rings is 1. The van der Waals surface area contributed by atoms with Crippen LogP contribution in [0.5, 0.6) is 0 Å². The monoisotopic (exact) mass is 227 g/mol. The van der Waals surface area contributed by atoms with Crippen LogP contribution >= 0.6 is 0 Å². The normalized spacial score (nSPS) is 10.2. The van der Waals surface area contributed by atoms with E-state index in [9.17, 15) is 4.79 Å². The molecule has 86 valence electrons. The summed E-state index contributed by atoms with van der Waals surface area (Å²) in [6.45, 7) is 2.02. The molecule has 3 heteroatoms. The summed E-state index contributed by atoms with van der Waals surface area (Å²) < 4.78 is 0. The van der Waals surface area contributed by atoms with Crippen LogP contribution in [0.15, 0.2) is 42.6 Å². The van der Waals surface area contributed by atoms with E-state index in [4.69, 9.17) is 5.11 Å². The van der Waals surface area contributed by atoms with Crippen LogP contribution in [0.3, 0.4) is 0 Å². The number of aryl methyl sites for hydroxylation is 1. The number of nitrogens with zero attached hydrogens (tertiary/aromatic N) is 1. The molecule has 3 nitrogen and oxygen atoms in total. The highest BCUT2D eigenvalue weighted by molar-refractivity contribution is 5.75. The average molecular weight is 227 g/mol. The number of carboxylic acid groups (broad SMARTS) is 1. The second-order valence-electron chi connectivity index (χ2n) is 3.93. The molecule has 1 N–H and O–H groups in total. The first-order chi connectivity index (χ1) is 8.16. The molecule has 0 aliphatic rings. The van der Waals surface area contributed by atoms with Gasteiger partial charge < -0.3 is 5.11 Å². The first-order valence-electron chi connectivity index (χ1n) is 5.39. The maximum absolute atomic E-state index is 10.8. The molecular weight excluding hydrogens is 214 g/mol. The lowest BCUT2D eigenvalue weighted by atomic mass is 10.0. The summed E-state index contributed by atoms with van der Waals surface area (Å²) in [5.41, 5.74) is 3.66. The van der Waals surface area contributed by atoms with Crippen molar-refractivity contribution in [2.45, 2.75) is 13.3 Å². The molecular formula is C14H13NO2. The fourth-order valence-electron chi connectivity index (χ4n) is 1.72. The molecule has 0 aliphatic heterocycles. The van der Waals surface area contributed by atoms with Gasteiger partial charge in [0.25, 0.3) is 0 Å². The quantitative estimate of drug-likeness (QED) is 0.877. The van der Waals surface area contributed by atoms with Gasteiger partial charge in [-0.15, -0.1) is 0 Å². The highest BCUT2D eigenvalue weighted by atomic mass is 16.4. The number of pyridine rings is 1. The molecule has 1 heterocycles. The topological polar surface area (TPSA) is 50.2 Å². The van der Waals surface area contributed by atoms with Crippen molar-refractivity contribution < 1.29 is 9.90 Å². The Morgan fingerprint density at radius 2 is 1.94 bits per heavy atom. The third-order valence-electron chi connectivity index (χ3n) is 2.57. The molecule has 2 aromatic rings. The third-order valence-corrected chi connectivity index (χ3v) is 2.57. The average Bonchev–Trinajstić information content (AvgIpc) is 2.30. The van der Waals surface area contributed by atoms with Crippen molar-refractivity contribution >= 4 is 5.97 Å². The molecule has 17 heavy (non-hydrogen) atoms. The lowest BCUT2D eigenvalue weighted by Crippen LogP contribution is -2.03. The molecule has 0 radical (unpaired) electrons. The Morgan fingerprint density at radius 3 is 2.59 bits per heavy atom. The van der Waals surface area contributed by atoms with Gasteiger partial charge in [-0.05, 0) is 18.6 Å². The molecule has 0 fully saturated rings. The lowest BCUT2D eigenvalue weighted by molar-refractivity contribution is -0.136. The van der Waals surface area contributed by atoms with Gasteiger partial charge in [0.05, 0.1) is 12.1 Å². The fourth-order valence-corrected chi connectivity index (χ4v) is 1.72. The molecule has 0 bridgehead atoms. The first kappa shape index (κ1) is 11.3. The van der Waals surface area contributed by atoms with E-state index in [0.717, 1.165) is 11.1 Å². The minimum atomic E-state index is -0.864. The molecule has 2 rings (SSSR count). The number of aromatic nitrogens is 1. The summed E-state index contributed by atoms with van der Waals surface area (Å²) in [5.74, 6) is -0.864. The molecule has 0 unspecified atom stereocenters. The van der Waals surface area contributed by atoms with Gasteiger partial charge in [-0.25, -0.2) is 0 Å². The number of carboxylic acids is 1. The second-order valence-corrected chi connectivity index (χ2v) is 3.93. The zero-order valence-electron chi connectivity index (χ0n) is 9.55. The summed E-state index contributed by atoms with van der Waals surface area (Å²) in [7, 11) is 0. The van der Waals surface area contributed by atoms with Crippen LogP contribution in [0.1, 0.15) is 11.3 Å². The van der Waals surface area contributed by atoms with Crippen LogP contribution in [0.4, 0.5) is 0 Å². The van der Waals surface area contributed by atoms with E-state index in [-0.39, 0.29) is 6.42 Å². The standard InChI is InChI=1S/C14H13NO2/c1-10-4-6-11(7-5-10)12-3-2-8-15-13(12)9-14(16)17/h2-8H,9H2,1H3,(H,16,17). The predicted molar refractivity (Wildman–Crippen MR) is 65.7 cm³/mol. The Morgan fingerprint density at radius 1 is 1.24 bits per heavy atom. The Labute approximate surface area is 99.8 Å². The molecule has 0 amide bonds. The smallest absolute Gasteiger partial charge is 0.309 e. The van der Waals surface area contributed by atoms with Crippen molar-refractivity contribution in [2.24, 2.45) is 0 Å². The molecule has 0 aliphatic carbocycles. The van der Waals surface area contributed by atoms with Gasteiger partial charge in [-0.1, -0.05) is 35.9 Å². The Kier molecular flexibility index (Phi) is 3.19. The van der Waals surface area contributed by atoms with E-state index < -0.39 is 5.97 Å². The van der Waals surface area contributed by atoms with E-state index in [1.54, 1.807) is 6.20 Å². The van der Waals surface area contributed by atoms with Gasteiger partial charge in [-0.2, -0.15) is 0 Å². The molecule has 0 saturated carbocycles. The highest BCUT2D eigenvalue weighted by Gasteiger charge is 2.09. The molecule has 1 aromatic carbocycles. The molecule has 0 atom stereocenters. The summed E-state index contributed by atoms with van der Waals surface area (Å²) in [6.07, 6.45) is 1.57. The SMILES string of the molecule is Cc1ccc(-c2cccnc2CC(=O)O)cc1. The van der Waals surface area contributed by atoms with Crippen molar-refractivity contribution in [3.05, 3.63) is 53.9 Å². The molecule has 0 saturated heterocycles. The summed E-state index contributed by atoms with van der Waals surface area (Å²) >= 11 is 0. The second kappa shape index (κ2) is 4.78. The minimum absolute atomic E-state index is 0.0515. The zero-order chi connectivity index (χ0) is 12.3. The van der Waals surface area contributed by atoms with E-state index in [0.29, 0.717) is 5.69 Å². The number of rotatable bonds is 3. The van der Waals surface area contributed by atoms with Gasteiger partial charge in [0.1, 0.15) is 0 Å². The van der Waals surface area contributed by atoms with Crippen molar-refractivity contribution in [1.82, 2.24) is 4.98 Å². The van der Waals surface area contributed by atoms with E-state index >= 15 is 0 Å². The Balaban J connectivity index is 2.44. The summed E-state index contributed by atoms with van der Waals surface area (Å²) in [6, 6.07) is 11.7. The number of carbonyl (C=O) groups is 1. The summed E-state index contributed by atoms with van der Waals surface area (Å²) in [5, 5.41) is 8.84. The van der Waals surface area contributed by atoms with Gasteiger partial charge in [0, 0.05) is 11.8 Å². The lowest BCUT2D eigenvalue weighted by Gasteiger charge is -2.07. The predicted octanol–water partition coefficient (Wildman–Crippen LogP) is 2.68. The zero-order valence-corrected chi connectivity index (χ0v) is 9.55. The van der Waals surface area contributed by atoms with E-state index in [2.05, 4.69) is 4.98 Å². The van der Waals surface area contributed by atoms with Gasteiger partial charge >= 0.3 is 5.97 Å². The van der Waals surface area contributed by atoms with Crippen LogP contribution in [0.2, 0.25) is 0 Å². The number of hydrogen-bond acceptors (Lipinski definition) is 2.